The van der Waals surface area contributed by atoms with E-state index in [0.717, 1.165) is 6.54 Å². The third-order valence-corrected chi connectivity index (χ3v) is 2.32. The summed E-state index contributed by atoms with van der Waals surface area (Å²) < 4.78 is 5.50. The summed E-state index contributed by atoms with van der Waals surface area (Å²) in [4.78, 5) is 15.9. The van der Waals surface area contributed by atoms with E-state index in [1.165, 1.54) is 0 Å². The van der Waals surface area contributed by atoms with Crippen molar-refractivity contribution in [2.24, 2.45) is 5.92 Å². The van der Waals surface area contributed by atoms with Crippen LogP contribution in [0.5, 0.6) is 0 Å². The molecule has 1 amide bonds. The first kappa shape index (κ1) is 16.4. The van der Waals surface area contributed by atoms with Crippen molar-refractivity contribution in [1.29, 1.82) is 0 Å². The van der Waals surface area contributed by atoms with E-state index in [0.29, 0.717) is 25.6 Å². The first-order chi connectivity index (χ1) is 7.86. The van der Waals surface area contributed by atoms with Gasteiger partial charge in [-0.25, -0.2) is 0 Å². The van der Waals surface area contributed by atoms with Gasteiger partial charge in [0.1, 0.15) is 0 Å². The number of hydrogen-bond acceptors (Lipinski definition) is 3. The average Bonchev–Trinajstić information content (AvgIpc) is 2.15. The van der Waals surface area contributed by atoms with Gasteiger partial charge < -0.3 is 14.5 Å². The van der Waals surface area contributed by atoms with Crippen LogP contribution in [0.4, 0.5) is 0 Å². The van der Waals surface area contributed by atoms with Crippen molar-refractivity contribution < 1.29 is 9.53 Å². The van der Waals surface area contributed by atoms with Crippen LogP contribution in [0.25, 0.3) is 0 Å². The molecule has 0 spiro atoms. The third kappa shape index (κ3) is 8.16. The Hall–Kier alpha value is -0.610. The number of hydrogen-bond donors (Lipinski definition) is 0. The van der Waals surface area contributed by atoms with Crippen molar-refractivity contribution in [1.82, 2.24) is 9.80 Å². The minimum atomic E-state index is 0.102. The fourth-order valence-electron chi connectivity index (χ4n) is 1.74. The quantitative estimate of drug-likeness (QED) is 0.648. The average molecular weight is 244 g/mol. The Balaban J connectivity index is 4.36. The topological polar surface area (TPSA) is 32.8 Å². The number of likely N-dealkylation sites (N-methyl/N-ethyl adjacent to an activating group) is 1. The number of carbonyl (C=O) groups is 1. The Morgan fingerprint density at radius 3 is 2.18 bits per heavy atom. The molecule has 0 aromatic rings. The first-order valence-electron chi connectivity index (χ1n) is 6.40. The molecule has 4 heteroatoms. The van der Waals surface area contributed by atoms with Crippen molar-refractivity contribution in [3.8, 4) is 0 Å². The maximum atomic E-state index is 12.1. The summed E-state index contributed by atoms with van der Waals surface area (Å²) in [6.07, 6.45) is 0.102. The molecule has 0 rings (SSSR count). The number of ether oxygens (including phenoxy) is 1. The van der Waals surface area contributed by atoms with Gasteiger partial charge in [0.15, 0.2) is 0 Å². The molecular formula is C13H28N2O2. The summed E-state index contributed by atoms with van der Waals surface area (Å²) >= 11 is 0. The molecule has 1 atom stereocenters. The summed E-state index contributed by atoms with van der Waals surface area (Å²) in [7, 11) is 3.83. The smallest absolute Gasteiger partial charge is 0.236 e. The fraction of sp³-hybridized carbons (Fsp3) is 0.923. The number of carbonyl (C=O) groups excluding carboxylic acids is 1. The van der Waals surface area contributed by atoms with Crippen LogP contribution in [0, 0.1) is 5.92 Å². The van der Waals surface area contributed by atoms with Crippen LogP contribution < -0.4 is 0 Å². The molecule has 0 aromatic heterocycles. The van der Waals surface area contributed by atoms with Gasteiger partial charge in [-0.15, -0.1) is 0 Å². The SMILES string of the molecule is CCO[C@@H](C)CN(CC(C)C)C(=O)CN(C)C. The molecular weight excluding hydrogens is 216 g/mol. The maximum absolute atomic E-state index is 12.1. The molecule has 0 N–H and O–H groups in total. The molecule has 0 unspecified atom stereocenters. The maximum Gasteiger partial charge on any atom is 0.236 e. The highest BCUT2D eigenvalue weighted by molar-refractivity contribution is 5.78. The highest BCUT2D eigenvalue weighted by atomic mass is 16.5. The number of rotatable bonds is 8. The lowest BCUT2D eigenvalue weighted by molar-refractivity contribution is -0.134. The van der Waals surface area contributed by atoms with Crippen LogP contribution >= 0.6 is 0 Å². The molecule has 0 saturated heterocycles. The van der Waals surface area contributed by atoms with Crippen molar-refractivity contribution in [3.63, 3.8) is 0 Å². The molecule has 102 valence electrons. The van der Waals surface area contributed by atoms with Crippen LogP contribution in [0.1, 0.15) is 27.7 Å². The number of amides is 1. The molecule has 0 aromatic carbocycles. The van der Waals surface area contributed by atoms with Crippen LogP contribution in [0.3, 0.4) is 0 Å². The van der Waals surface area contributed by atoms with E-state index >= 15 is 0 Å². The Kier molecular flexibility index (Phi) is 8.17. The normalized spacial score (nSPS) is 13.2. The minimum absolute atomic E-state index is 0.102. The second-order valence-electron chi connectivity index (χ2n) is 5.20. The van der Waals surface area contributed by atoms with Gasteiger partial charge in [0.2, 0.25) is 5.91 Å². The summed E-state index contributed by atoms with van der Waals surface area (Å²) in [5, 5.41) is 0. The largest absolute Gasteiger partial charge is 0.377 e. The standard InChI is InChI=1S/C13H28N2O2/c1-7-17-12(4)9-15(8-11(2)3)13(16)10-14(5)6/h11-12H,7-10H2,1-6H3/t12-/m0/s1. The van der Waals surface area contributed by atoms with Gasteiger partial charge in [0.05, 0.1) is 12.6 Å². The Bertz CT molecular complexity index is 217. The van der Waals surface area contributed by atoms with Gasteiger partial charge in [-0.3, -0.25) is 4.79 Å². The van der Waals surface area contributed by atoms with Crippen LogP contribution in [0.2, 0.25) is 0 Å². The van der Waals surface area contributed by atoms with E-state index in [1.807, 2.05) is 37.7 Å². The third-order valence-electron chi connectivity index (χ3n) is 2.32. The van der Waals surface area contributed by atoms with Gasteiger partial charge >= 0.3 is 0 Å². The van der Waals surface area contributed by atoms with E-state index in [1.54, 1.807) is 0 Å². The van der Waals surface area contributed by atoms with E-state index in [4.69, 9.17) is 4.74 Å². The minimum Gasteiger partial charge on any atom is -0.377 e. The van der Waals surface area contributed by atoms with Crippen molar-refractivity contribution >= 4 is 5.91 Å². The van der Waals surface area contributed by atoms with Crippen molar-refractivity contribution in [2.75, 3.05) is 40.3 Å². The molecule has 0 saturated carbocycles. The van der Waals surface area contributed by atoms with E-state index in [2.05, 4.69) is 13.8 Å². The molecule has 0 bridgehead atoms. The zero-order valence-electron chi connectivity index (χ0n) is 12.2. The van der Waals surface area contributed by atoms with Crippen molar-refractivity contribution in [3.05, 3.63) is 0 Å². The molecule has 0 heterocycles. The predicted molar refractivity (Wildman–Crippen MR) is 71.1 cm³/mol. The van der Waals surface area contributed by atoms with Crippen LogP contribution in [-0.4, -0.2) is 62.1 Å². The second kappa shape index (κ2) is 8.48. The van der Waals surface area contributed by atoms with Crippen molar-refractivity contribution in [2.45, 2.75) is 33.8 Å². The Morgan fingerprint density at radius 2 is 1.76 bits per heavy atom. The summed E-state index contributed by atoms with van der Waals surface area (Å²) in [5.74, 6) is 0.658. The molecule has 0 aliphatic carbocycles. The predicted octanol–water partition coefficient (Wildman–Crippen LogP) is 1.46. The lowest BCUT2D eigenvalue weighted by Gasteiger charge is -2.28. The Labute approximate surface area is 106 Å². The van der Waals surface area contributed by atoms with Gasteiger partial charge in [-0.1, -0.05) is 13.8 Å². The Morgan fingerprint density at radius 1 is 1.18 bits per heavy atom. The molecule has 0 radical (unpaired) electrons. The summed E-state index contributed by atoms with van der Waals surface area (Å²) in [6.45, 7) is 10.9. The zero-order valence-corrected chi connectivity index (χ0v) is 12.2. The highest BCUT2D eigenvalue weighted by Crippen LogP contribution is 2.03. The van der Waals surface area contributed by atoms with E-state index in [9.17, 15) is 4.79 Å². The summed E-state index contributed by atoms with van der Waals surface area (Å²) in [5.41, 5.74) is 0. The van der Waals surface area contributed by atoms with Gasteiger partial charge in [-0.05, 0) is 33.9 Å². The highest BCUT2D eigenvalue weighted by Gasteiger charge is 2.18. The van der Waals surface area contributed by atoms with Gasteiger partial charge in [0, 0.05) is 19.7 Å². The van der Waals surface area contributed by atoms with Gasteiger partial charge in [-0.2, -0.15) is 0 Å². The number of nitrogens with zero attached hydrogens (tertiary/aromatic N) is 2. The first-order valence-corrected chi connectivity index (χ1v) is 6.40. The van der Waals surface area contributed by atoms with Crippen LogP contribution in [0.15, 0.2) is 0 Å². The lowest BCUT2D eigenvalue weighted by Crippen LogP contribution is -2.43. The monoisotopic (exact) mass is 244 g/mol. The van der Waals surface area contributed by atoms with E-state index < -0.39 is 0 Å². The van der Waals surface area contributed by atoms with Crippen LogP contribution in [-0.2, 0) is 9.53 Å². The lowest BCUT2D eigenvalue weighted by atomic mass is 10.2. The fourth-order valence-corrected chi connectivity index (χ4v) is 1.74. The summed E-state index contributed by atoms with van der Waals surface area (Å²) in [6, 6.07) is 0. The molecule has 0 fully saturated rings. The van der Waals surface area contributed by atoms with E-state index in [-0.39, 0.29) is 12.0 Å². The van der Waals surface area contributed by atoms with Gasteiger partial charge in [0.25, 0.3) is 0 Å². The molecule has 17 heavy (non-hydrogen) atoms. The zero-order chi connectivity index (χ0) is 13.4. The molecule has 0 aliphatic heterocycles. The molecule has 4 nitrogen and oxygen atoms in total. The second-order valence-corrected chi connectivity index (χ2v) is 5.20. The molecule has 0 aliphatic rings.